The maximum Gasteiger partial charge on any atom is 0.261 e. The third-order valence-corrected chi connectivity index (χ3v) is 3.02. The van der Waals surface area contributed by atoms with Crippen molar-refractivity contribution in [2.45, 2.75) is 13.0 Å². The fourth-order valence-electron chi connectivity index (χ4n) is 1.29. The van der Waals surface area contributed by atoms with Crippen LogP contribution in [0.2, 0.25) is 0 Å². The van der Waals surface area contributed by atoms with Crippen molar-refractivity contribution in [2.75, 3.05) is 7.11 Å². The van der Waals surface area contributed by atoms with Crippen LogP contribution in [0.1, 0.15) is 18.9 Å². The van der Waals surface area contributed by atoms with E-state index in [-0.39, 0.29) is 11.9 Å². The highest BCUT2D eigenvalue weighted by atomic mass is 127. The second-order valence-electron chi connectivity index (χ2n) is 3.50. The number of rotatable bonds is 3. The second-order valence-corrected chi connectivity index (χ2v) is 4.74. The average molecular weight is 346 g/mol. The summed E-state index contributed by atoms with van der Waals surface area (Å²) in [6, 6.07) is 5.18. The lowest BCUT2D eigenvalue weighted by Gasteiger charge is -2.01. The molecular formula is C11H11IN2O3. The van der Waals surface area contributed by atoms with E-state index in [1.54, 1.807) is 25.3 Å². The summed E-state index contributed by atoms with van der Waals surface area (Å²) in [6.45, 7) is 1.82. The van der Waals surface area contributed by atoms with Gasteiger partial charge in [-0.15, -0.1) is 0 Å². The summed E-state index contributed by atoms with van der Waals surface area (Å²) in [5.74, 6) is 0.867. The molecule has 5 nitrogen and oxygen atoms in total. The van der Waals surface area contributed by atoms with Crippen LogP contribution in [0.15, 0.2) is 22.7 Å². The summed E-state index contributed by atoms with van der Waals surface area (Å²) >= 11 is 2.15. The van der Waals surface area contributed by atoms with Gasteiger partial charge in [-0.3, -0.25) is 0 Å². The molecule has 1 N–H and O–H groups in total. The van der Waals surface area contributed by atoms with Gasteiger partial charge in [0.1, 0.15) is 11.9 Å². The molecule has 0 spiro atoms. The van der Waals surface area contributed by atoms with Gasteiger partial charge in [0, 0.05) is 10.7 Å². The molecule has 2 rings (SSSR count). The first-order valence-electron chi connectivity index (χ1n) is 4.97. The van der Waals surface area contributed by atoms with E-state index in [1.165, 1.54) is 0 Å². The molecule has 1 atom stereocenters. The van der Waals surface area contributed by atoms with Gasteiger partial charge in [0.25, 0.3) is 5.89 Å². The molecule has 1 heterocycles. The summed E-state index contributed by atoms with van der Waals surface area (Å²) < 4.78 is 11.2. The molecule has 0 aliphatic carbocycles. The fourth-order valence-corrected chi connectivity index (χ4v) is 1.79. The molecule has 90 valence electrons. The summed E-state index contributed by atoms with van der Waals surface area (Å²) in [5.41, 5.74) is 0.527. The standard InChI is InChI=1S/C11H11IN2O3/c1-6(16-2)10-13-11(17-14-10)8-5-7(12)3-4-9(8)15/h3-6,15H,1-2H3. The number of nitrogens with zero attached hydrogens (tertiary/aromatic N) is 2. The quantitative estimate of drug-likeness (QED) is 0.866. The van der Waals surface area contributed by atoms with Gasteiger partial charge in [-0.05, 0) is 47.7 Å². The molecule has 0 aliphatic heterocycles. The zero-order valence-electron chi connectivity index (χ0n) is 9.35. The van der Waals surface area contributed by atoms with Crippen LogP contribution in [-0.4, -0.2) is 22.4 Å². The number of benzene rings is 1. The Labute approximate surface area is 112 Å². The number of methoxy groups -OCH3 is 1. The van der Waals surface area contributed by atoms with Crippen molar-refractivity contribution in [3.8, 4) is 17.2 Å². The summed E-state index contributed by atoms with van der Waals surface area (Å²) in [7, 11) is 1.57. The predicted molar refractivity (Wildman–Crippen MR) is 69.5 cm³/mol. The van der Waals surface area contributed by atoms with Gasteiger partial charge >= 0.3 is 0 Å². The van der Waals surface area contributed by atoms with E-state index in [4.69, 9.17) is 9.26 Å². The maximum atomic E-state index is 9.73. The molecule has 0 aliphatic rings. The summed E-state index contributed by atoms with van der Waals surface area (Å²) in [6.07, 6.45) is -0.238. The van der Waals surface area contributed by atoms with E-state index in [0.717, 1.165) is 3.57 Å². The van der Waals surface area contributed by atoms with Crippen LogP contribution in [0, 0.1) is 3.57 Å². The van der Waals surface area contributed by atoms with E-state index in [2.05, 4.69) is 32.7 Å². The predicted octanol–water partition coefficient (Wildman–Crippen LogP) is 2.75. The number of phenolic OH excluding ortho intramolecular Hbond substituents is 1. The van der Waals surface area contributed by atoms with Crippen molar-refractivity contribution in [2.24, 2.45) is 0 Å². The number of aromatic hydroxyl groups is 1. The number of hydrogen-bond acceptors (Lipinski definition) is 5. The maximum absolute atomic E-state index is 9.73. The van der Waals surface area contributed by atoms with Crippen LogP contribution in [0.25, 0.3) is 11.5 Å². The number of hydrogen-bond donors (Lipinski definition) is 1. The molecule has 0 amide bonds. The van der Waals surface area contributed by atoms with Crippen molar-refractivity contribution in [1.29, 1.82) is 0 Å². The monoisotopic (exact) mass is 346 g/mol. The minimum Gasteiger partial charge on any atom is -0.507 e. The molecule has 0 saturated heterocycles. The molecule has 0 bridgehead atoms. The van der Waals surface area contributed by atoms with E-state index >= 15 is 0 Å². The van der Waals surface area contributed by atoms with Crippen LogP contribution in [0.5, 0.6) is 5.75 Å². The van der Waals surface area contributed by atoms with Crippen LogP contribution in [-0.2, 0) is 4.74 Å². The normalized spacial score (nSPS) is 12.6. The minimum atomic E-state index is -0.238. The Kier molecular flexibility index (Phi) is 3.63. The zero-order chi connectivity index (χ0) is 12.4. The third kappa shape index (κ3) is 2.58. The van der Waals surface area contributed by atoms with E-state index in [9.17, 15) is 5.11 Å². The van der Waals surface area contributed by atoms with Gasteiger partial charge in [0.15, 0.2) is 0 Å². The highest BCUT2D eigenvalue weighted by molar-refractivity contribution is 14.1. The van der Waals surface area contributed by atoms with Crippen molar-refractivity contribution in [3.63, 3.8) is 0 Å². The van der Waals surface area contributed by atoms with Gasteiger partial charge in [0.05, 0.1) is 5.56 Å². The Hall–Kier alpha value is -1.15. The lowest BCUT2D eigenvalue weighted by atomic mass is 10.2. The first-order chi connectivity index (χ1) is 8.11. The van der Waals surface area contributed by atoms with Crippen molar-refractivity contribution >= 4 is 22.6 Å². The third-order valence-electron chi connectivity index (χ3n) is 2.35. The number of phenols is 1. The Morgan fingerprint density at radius 1 is 1.47 bits per heavy atom. The Morgan fingerprint density at radius 2 is 2.24 bits per heavy atom. The molecule has 1 unspecified atom stereocenters. The van der Waals surface area contributed by atoms with Crippen LogP contribution >= 0.6 is 22.6 Å². The van der Waals surface area contributed by atoms with Gasteiger partial charge in [0.2, 0.25) is 5.82 Å². The smallest absolute Gasteiger partial charge is 0.261 e. The molecule has 6 heteroatoms. The van der Waals surface area contributed by atoms with Crippen LogP contribution in [0.3, 0.4) is 0 Å². The molecule has 17 heavy (non-hydrogen) atoms. The number of aromatic nitrogens is 2. The van der Waals surface area contributed by atoms with Crippen molar-refractivity contribution in [3.05, 3.63) is 27.6 Å². The molecule has 1 aromatic heterocycles. The van der Waals surface area contributed by atoms with Crippen LogP contribution < -0.4 is 0 Å². The summed E-state index contributed by atoms with van der Waals surface area (Å²) in [4.78, 5) is 4.19. The van der Waals surface area contributed by atoms with Gasteiger partial charge in [-0.1, -0.05) is 5.16 Å². The SMILES string of the molecule is COC(C)c1noc(-c2cc(I)ccc2O)n1. The van der Waals surface area contributed by atoms with E-state index < -0.39 is 0 Å². The van der Waals surface area contributed by atoms with Crippen LogP contribution in [0.4, 0.5) is 0 Å². The average Bonchev–Trinajstić information content (AvgIpc) is 2.80. The topological polar surface area (TPSA) is 68.4 Å². The highest BCUT2D eigenvalue weighted by Crippen LogP contribution is 2.30. The van der Waals surface area contributed by atoms with E-state index in [0.29, 0.717) is 17.3 Å². The second kappa shape index (κ2) is 5.01. The molecule has 0 saturated carbocycles. The summed E-state index contributed by atoms with van der Waals surface area (Å²) in [5, 5.41) is 13.5. The lowest BCUT2D eigenvalue weighted by molar-refractivity contribution is 0.109. The zero-order valence-corrected chi connectivity index (χ0v) is 11.5. The Balaban J connectivity index is 2.40. The lowest BCUT2D eigenvalue weighted by Crippen LogP contribution is -1.97. The highest BCUT2D eigenvalue weighted by Gasteiger charge is 2.16. The fraction of sp³-hybridized carbons (Fsp3) is 0.273. The number of ether oxygens (including phenoxy) is 1. The molecule has 2 aromatic rings. The Morgan fingerprint density at radius 3 is 2.94 bits per heavy atom. The Bertz CT molecular complexity index is 527. The molecule has 0 radical (unpaired) electrons. The van der Waals surface area contributed by atoms with Gasteiger partial charge in [-0.25, -0.2) is 0 Å². The van der Waals surface area contributed by atoms with Crippen molar-refractivity contribution in [1.82, 2.24) is 10.1 Å². The van der Waals surface area contributed by atoms with Gasteiger partial charge < -0.3 is 14.4 Å². The van der Waals surface area contributed by atoms with Crippen molar-refractivity contribution < 1.29 is 14.4 Å². The minimum absolute atomic E-state index is 0.116. The van der Waals surface area contributed by atoms with Gasteiger partial charge in [-0.2, -0.15) is 4.98 Å². The molecule has 1 aromatic carbocycles. The molecular weight excluding hydrogens is 335 g/mol. The first kappa shape index (κ1) is 12.3. The number of halogens is 1. The first-order valence-corrected chi connectivity index (χ1v) is 6.05. The van der Waals surface area contributed by atoms with E-state index in [1.807, 2.05) is 6.92 Å². The largest absolute Gasteiger partial charge is 0.507 e. The molecule has 0 fully saturated rings.